The number of halogens is 1. The molecule has 1 aromatic heterocycles. The van der Waals surface area contributed by atoms with Crippen LogP contribution in [0.1, 0.15) is 28.1 Å². The Kier molecular flexibility index (Phi) is 4.29. The van der Waals surface area contributed by atoms with Crippen LogP contribution in [0.5, 0.6) is 0 Å². The lowest BCUT2D eigenvalue weighted by atomic mass is 10.0. The van der Waals surface area contributed by atoms with Crippen LogP contribution in [0.3, 0.4) is 0 Å². The first kappa shape index (κ1) is 16.6. The van der Waals surface area contributed by atoms with Gasteiger partial charge in [0.1, 0.15) is 0 Å². The van der Waals surface area contributed by atoms with Crippen LogP contribution in [-0.4, -0.2) is 29.8 Å². The van der Waals surface area contributed by atoms with Gasteiger partial charge in [-0.15, -0.1) is 11.3 Å². The maximum atomic E-state index is 12.6. The predicted molar refractivity (Wildman–Crippen MR) is 98.7 cm³/mol. The van der Waals surface area contributed by atoms with Crippen LogP contribution in [-0.2, 0) is 11.3 Å². The van der Waals surface area contributed by atoms with Crippen LogP contribution >= 0.6 is 22.9 Å². The van der Waals surface area contributed by atoms with Crippen molar-refractivity contribution >= 4 is 34.8 Å². The Morgan fingerprint density at radius 1 is 1.32 bits per heavy atom. The van der Waals surface area contributed by atoms with E-state index in [0.29, 0.717) is 30.2 Å². The molecule has 1 aliphatic carbocycles. The SMILES string of the molecule is O=C(NCc1cccs1)C1CC12CCN(C(=O)c1cccc(Cl)c1)C2. The number of benzene rings is 1. The first-order valence-electron chi connectivity index (χ1n) is 8.42. The van der Waals surface area contributed by atoms with Crippen LogP contribution in [0, 0.1) is 11.3 Å². The summed E-state index contributed by atoms with van der Waals surface area (Å²) in [5, 5.41) is 5.61. The van der Waals surface area contributed by atoms with E-state index in [2.05, 4.69) is 5.32 Å². The predicted octanol–water partition coefficient (Wildman–Crippen LogP) is 3.57. The summed E-state index contributed by atoms with van der Waals surface area (Å²) in [6.45, 7) is 1.96. The van der Waals surface area contributed by atoms with Gasteiger partial charge < -0.3 is 10.2 Å². The number of amides is 2. The van der Waals surface area contributed by atoms with Gasteiger partial charge >= 0.3 is 0 Å². The summed E-state index contributed by atoms with van der Waals surface area (Å²) in [6, 6.07) is 11.1. The van der Waals surface area contributed by atoms with Crippen LogP contribution in [0.4, 0.5) is 0 Å². The van der Waals surface area contributed by atoms with Crippen molar-refractivity contribution in [3.8, 4) is 0 Å². The van der Waals surface area contributed by atoms with Crippen molar-refractivity contribution in [2.45, 2.75) is 19.4 Å². The molecule has 0 radical (unpaired) electrons. The number of rotatable bonds is 4. The van der Waals surface area contributed by atoms with Crippen molar-refractivity contribution in [2.24, 2.45) is 11.3 Å². The van der Waals surface area contributed by atoms with E-state index >= 15 is 0 Å². The van der Waals surface area contributed by atoms with Crippen LogP contribution in [0.25, 0.3) is 0 Å². The molecule has 2 unspecified atom stereocenters. The molecule has 1 aromatic carbocycles. The molecule has 2 amide bonds. The van der Waals surface area contributed by atoms with E-state index in [1.54, 1.807) is 35.6 Å². The average Bonchev–Trinajstić information content (AvgIpc) is 2.95. The third-order valence-electron chi connectivity index (χ3n) is 5.27. The van der Waals surface area contributed by atoms with Gasteiger partial charge in [-0.2, -0.15) is 0 Å². The summed E-state index contributed by atoms with van der Waals surface area (Å²) >= 11 is 7.63. The number of nitrogens with zero attached hydrogens (tertiary/aromatic N) is 1. The molecular formula is C19H19ClN2O2S. The Morgan fingerprint density at radius 2 is 2.20 bits per heavy atom. The lowest BCUT2D eigenvalue weighted by Gasteiger charge is -2.17. The highest BCUT2D eigenvalue weighted by molar-refractivity contribution is 7.09. The van der Waals surface area contributed by atoms with Gasteiger partial charge in [0.05, 0.1) is 6.54 Å². The second-order valence-corrected chi connectivity index (χ2v) is 8.37. The number of thiophene rings is 1. The van der Waals surface area contributed by atoms with Crippen molar-refractivity contribution in [2.75, 3.05) is 13.1 Å². The molecule has 2 fully saturated rings. The van der Waals surface area contributed by atoms with Gasteiger partial charge in [-0.05, 0) is 42.5 Å². The second kappa shape index (κ2) is 6.46. The topological polar surface area (TPSA) is 49.4 Å². The summed E-state index contributed by atoms with van der Waals surface area (Å²) in [6.07, 6.45) is 1.78. The molecule has 2 aliphatic rings. The van der Waals surface area contributed by atoms with Gasteiger partial charge in [-0.3, -0.25) is 9.59 Å². The summed E-state index contributed by atoms with van der Waals surface area (Å²) in [5.74, 6) is 0.152. The summed E-state index contributed by atoms with van der Waals surface area (Å²) in [5.41, 5.74) is 0.595. The molecule has 1 N–H and O–H groups in total. The van der Waals surface area contributed by atoms with Crippen molar-refractivity contribution in [3.63, 3.8) is 0 Å². The molecule has 4 rings (SSSR count). The normalized spacial score (nSPS) is 24.5. The smallest absolute Gasteiger partial charge is 0.253 e. The molecular weight excluding hydrogens is 356 g/mol. The van der Waals surface area contributed by atoms with Gasteiger partial charge in [0.15, 0.2) is 0 Å². The van der Waals surface area contributed by atoms with E-state index in [-0.39, 0.29) is 23.1 Å². The Bertz CT molecular complexity index is 808. The Balaban J connectivity index is 1.35. The molecule has 0 bridgehead atoms. The van der Waals surface area contributed by atoms with E-state index in [4.69, 9.17) is 11.6 Å². The zero-order valence-electron chi connectivity index (χ0n) is 13.7. The van der Waals surface area contributed by atoms with Crippen molar-refractivity contribution in [3.05, 3.63) is 57.2 Å². The van der Waals surface area contributed by atoms with E-state index in [1.807, 2.05) is 22.4 Å². The zero-order valence-corrected chi connectivity index (χ0v) is 15.3. The molecule has 2 atom stereocenters. The summed E-state index contributed by atoms with van der Waals surface area (Å²) in [7, 11) is 0. The summed E-state index contributed by atoms with van der Waals surface area (Å²) in [4.78, 5) is 28.1. The number of carbonyl (C=O) groups is 2. The molecule has 2 aromatic rings. The number of carbonyl (C=O) groups excluding carboxylic acids is 2. The Labute approximate surface area is 155 Å². The maximum Gasteiger partial charge on any atom is 0.253 e. The van der Waals surface area contributed by atoms with Gasteiger partial charge in [-0.1, -0.05) is 23.7 Å². The minimum absolute atomic E-state index is 0.00372. The number of nitrogens with one attached hydrogen (secondary N) is 1. The third kappa shape index (κ3) is 3.31. The van der Waals surface area contributed by atoms with Crippen LogP contribution in [0.2, 0.25) is 5.02 Å². The maximum absolute atomic E-state index is 12.6. The van der Waals surface area contributed by atoms with Crippen LogP contribution < -0.4 is 5.32 Å². The first-order chi connectivity index (χ1) is 12.1. The van der Waals surface area contributed by atoms with E-state index in [1.165, 1.54) is 0 Å². The van der Waals surface area contributed by atoms with Gasteiger partial charge in [-0.25, -0.2) is 0 Å². The minimum atomic E-state index is -0.0201. The minimum Gasteiger partial charge on any atom is -0.351 e. The highest BCUT2D eigenvalue weighted by atomic mass is 35.5. The quantitative estimate of drug-likeness (QED) is 0.889. The third-order valence-corrected chi connectivity index (χ3v) is 6.38. The number of hydrogen-bond donors (Lipinski definition) is 1. The molecule has 1 saturated heterocycles. The molecule has 4 nitrogen and oxygen atoms in total. The fourth-order valence-electron chi connectivity index (χ4n) is 3.75. The Morgan fingerprint density at radius 3 is 2.96 bits per heavy atom. The second-order valence-electron chi connectivity index (χ2n) is 6.90. The molecule has 2 heterocycles. The zero-order chi connectivity index (χ0) is 17.4. The average molecular weight is 375 g/mol. The molecule has 130 valence electrons. The molecule has 1 spiro atoms. The van der Waals surface area contributed by atoms with Crippen molar-refractivity contribution in [1.29, 1.82) is 0 Å². The van der Waals surface area contributed by atoms with Gasteiger partial charge in [0, 0.05) is 39.9 Å². The molecule has 25 heavy (non-hydrogen) atoms. The molecule has 1 aliphatic heterocycles. The van der Waals surface area contributed by atoms with Crippen LogP contribution in [0.15, 0.2) is 41.8 Å². The largest absolute Gasteiger partial charge is 0.351 e. The van der Waals surface area contributed by atoms with Crippen molar-refractivity contribution < 1.29 is 9.59 Å². The van der Waals surface area contributed by atoms with Gasteiger partial charge in [0.2, 0.25) is 5.91 Å². The summed E-state index contributed by atoms with van der Waals surface area (Å²) < 4.78 is 0. The van der Waals surface area contributed by atoms with E-state index < -0.39 is 0 Å². The number of likely N-dealkylation sites (tertiary alicyclic amines) is 1. The van der Waals surface area contributed by atoms with E-state index in [0.717, 1.165) is 17.7 Å². The molecule has 1 saturated carbocycles. The molecule has 6 heteroatoms. The highest BCUT2D eigenvalue weighted by Gasteiger charge is 2.61. The Hall–Kier alpha value is -1.85. The fourth-order valence-corrected chi connectivity index (χ4v) is 4.59. The fraction of sp³-hybridized carbons (Fsp3) is 0.368. The first-order valence-corrected chi connectivity index (χ1v) is 9.68. The van der Waals surface area contributed by atoms with E-state index in [9.17, 15) is 9.59 Å². The standard InChI is InChI=1S/C19H19ClN2O2S/c20-14-4-1-3-13(9-14)18(24)22-7-6-19(12-22)10-16(19)17(23)21-11-15-5-2-8-25-15/h1-5,8-9,16H,6-7,10-12H2,(H,21,23). The highest BCUT2D eigenvalue weighted by Crippen LogP contribution is 2.58. The lowest BCUT2D eigenvalue weighted by Crippen LogP contribution is -2.31. The van der Waals surface area contributed by atoms with Crippen molar-refractivity contribution in [1.82, 2.24) is 10.2 Å². The van der Waals surface area contributed by atoms with Gasteiger partial charge in [0.25, 0.3) is 5.91 Å². The lowest BCUT2D eigenvalue weighted by molar-refractivity contribution is -0.123. The number of hydrogen-bond acceptors (Lipinski definition) is 3. The monoisotopic (exact) mass is 374 g/mol.